The van der Waals surface area contributed by atoms with Gasteiger partial charge in [-0.3, -0.25) is 9.59 Å². The van der Waals surface area contributed by atoms with Crippen molar-refractivity contribution in [3.05, 3.63) is 59.7 Å². The van der Waals surface area contributed by atoms with E-state index in [-0.39, 0.29) is 42.4 Å². The summed E-state index contributed by atoms with van der Waals surface area (Å²) >= 11 is 0. The number of ether oxygens (including phenoxy) is 1. The second-order valence-corrected chi connectivity index (χ2v) is 10.1. The van der Waals surface area contributed by atoms with Gasteiger partial charge in [0.25, 0.3) is 0 Å². The summed E-state index contributed by atoms with van der Waals surface area (Å²) in [4.78, 5) is 38.9. The smallest absolute Gasteiger partial charge is 0.407 e. The van der Waals surface area contributed by atoms with Crippen molar-refractivity contribution in [1.82, 2.24) is 10.2 Å². The van der Waals surface area contributed by atoms with Crippen LogP contribution in [0.25, 0.3) is 11.1 Å². The molecule has 2 aromatic rings. The molecule has 35 heavy (non-hydrogen) atoms. The normalized spacial score (nSPS) is 25.1. The molecule has 0 bridgehead atoms. The third-order valence-corrected chi connectivity index (χ3v) is 8.09. The molecule has 3 aliphatic carbocycles. The number of hydrogen-bond donors (Lipinski definition) is 2. The Kier molecular flexibility index (Phi) is 6.50. The quantitative estimate of drug-likeness (QED) is 0.644. The minimum atomic E-state index is -0.797. The topological polar surface area (TPSA) is 95.9 Å². The van der Waals surface area contributed by atoms with E-state index >= 15 is 0 Å². The molecule has 0 aromatic heterocycles. The van der Waals surface area contributed by atoms with Gasteiger partial charge in [0, 0.05) is 25.0 Å². The highest BCUT2D eigenvalue weighted by atomic mass is 16.5. The number of alkyl carbamates (subject to hydrolysis) is 1. The molecule has 2 unspecified atom stereocenters. The fraction of sp³-hybridized carbons (Fsp3) is 0.464. The molecular formula is C28H32N2O5. The van der Waals surface area contributed by atoms with Crippen molar-refractivity contribution in [2.75, 3.05) is 13.7 Å². The van der Waals surface area contributed by atoms with Crippen molar-refractivity contribution in [1.29, 1.82) is 0 Å². The summed E-state index contributed by atoms with van der Waals surface area (Å²) < 4.78 is 5.71. The van der Waals surface area contributed by atoms with Gasteiger partial charge in [-0.15, -0.1) is 0 Å². The van der Waals surface area contributed by atoms with E-state index in [0.717, 1.165) is 30.4 Å². The zero-order valence-electron chi connectivity index (χ0n) is 20.0. The molecule has 184 valence electrons. The molecule has 2 aromatic carbocycles. The second-order valence-electron chi connectivity index (χ2n) is 10.1. The van der Waals surface area contributed by atoms with Crippen LogP contribution in [-0.2, 0) is 14.3 Å². The lowest BCUT2D eigenvalue weighted by atomic mass is 9.78. The fourth-order valence-electron chi connectivity index (χ4n) is 5.94. The predicted molar refractivity (Wildman–Crippen MR) is 131 cm³/mol. The van der Waals surface area contributed by atoms with Crippen molar-refractivity contribution in [3.63, 3.8) is 0 Å². The lowest BCUT2D eigenvalue weighted by molar-refractivity contribution is -0.151. The summed E-state index contributed by atoms with van der Waals surface area (Å²) in [5, 5.41) is 12.1. The van der Waals surface area contributed by atoms with E-state index in [1.165, 1.54) is 11.1 Å². The van der Waals surface area contributed by atoms with Gasteiger partial charge < -0.3 is 20.1 Å². The van der Waals surface area contributed by atoms with Gasteiger partial charge in [-0.25, -0.2) is 4.79 Å². The first-order valence-electron chi connectivity index (χ1n) is 12.5. The first kappa shape index (κ1) is 23.4. The number of carboxylic acids is 1. The molecule has 2 amide bonds. The van der Waals surface area contributed by atoms with Crippen LogP contribution >= 0.6 is 0 Å². The number of nitrogens with zero attached hydrogens (tertiary/aromatic N) is 1. The van der Waals surface area contributed by atoms with Crippen LogP contribution in [0.2, 0.25) is 0 Å². The fourth-order valence-corrected chi connectivity index (χ4v) is 5.94. The molecule has 2 atom stereocenters. The van der Waals surface area contributed by atoms with Gasteiger partial charge in [0.2, 0.25) is 5.91 Å². The van der Waals surface area contributed by atoms with Crippen molar-refractivity contribution in [2.45, 2.75) is 56.5 Å². The van der Waals surface area contributed by atoms with E-state index in [1.807, 2.05) is 24.3 Å². The molecule has 5 rings (SSSR count). The average Bonchev–Trinajstić information content (AvgIpc) is 3.15. The van der Waals surface area contributed by atoms with E-state index in [9.17, 15) is 14.4 Å². The van der Waals surface area contributed by atoms with E-state index in [1.54, 1.807) is 11.9 Å². The molecule has 0 saturated heterocycles. The molecule has 0 aliphatic heterocycles. The Hall–Kier alpha value is -3.35. The molecule has 0 spiro atoms. The van der Waals surface area contributed by atoms with E-state index < -0.39 is 12.1 Å². The van der Waals surface area contributed by atoms with Gasteiger partial charge >= 0.3 is 12.1 Å². The van der Waals surface area contributed by atoms with Gasteiger partial charge in [-0.2, -0.15) is 0 Å². The van der Waals surface area contributed by atoms with Gasteiger partial charge in [-0.05, 0) is 47.9 Å². The van der Waals surface area contributed by atoms with Crippen LogP contribution in [0.4, 0.5) is 4.79 Å². The highest BCUT2D eigenvalue weighted by Gasteiger charge is 2.42. The summed E-state index contributed by atoms with van der Waals surface area (Å²) in [7, 11) is 1.75. The monoisotopic (exact) mass is 476 g/mol. The van der Waals surface area contributed by atoms with Crippen LogP contribution in [-0.4, -0.2) is 53.7 Å². The minimum Gasteiger partial charge on any atom is -0.481 e. The largest absolute Gasteiger partial charge is 0.481 e. The molecule has 3 aliphatic rings. The number of amides is 2. The summed E-state index contributed by atoms with van der Waals surface area (Å²) in [5.74, 6) is -1.49. The van der Waals surface area contributed by atoms with Gasteiger partial charge in [0.15, 0.2) is 0 Å². The number of hydrogen-bond acceptors (Lipinski definition) is 4. The molecular weight excluding hydrogens is 444 g/mol. The third-order valence-electron chi connectivity index (χ3n) is 8.09. The van der Waals surface area contributed by atoms with Crippen molar-refractivity contribution in [3.8, 4) is 11.1 Å². The Labute approximate surface area is 205 Å². The predicted octanol–water partition coefficient (Wildman–Crippen LogP) is 4.41. The third kappa shape index (κ3) is 4.51. The summed E-state index contributed by atoms with van der Waals surface area (Å²) in [6, 6.07) is 16.1. The summed E-state index contributed by atoms with van der Waals surface area (Å²) in [6.45, 7) is 0.240. The number of fused-ring (bicyclic) bond motifs is 3. The Bertz CT molecular complexity index is 1080. The maximum atomic E-state index is 13.2. The summed E-state index contributed by atoms with van der Waals surface area (Å²) in [6.07, 6.45) is 3.84. The first-order chi connectivity index (χ1) is 16.9. The molecule has 7 nitrogen and oxygen atoms in total. The number of benzene rings is 2. The molecule has 0 heterocycles. The average molecular weight is 477 g/mol. The zero-order valence-corrected chi connectivity index (χ0v) is 20.0. The van der Waals surface area contributed by atoms with Crippen LogP contribution in [0.3, 0.4) is 0 Å². The highest BCUT2D eigenvalue weighted by molar-refractivity contribution is 5.82. The number of carbonyl (C=O) groups is 3. The second kappa shape index (κ2) is 9.72. The van der Waals surface area contributed by atoms with Gasteiger partial charge in [0.1, 0.15) is 6.61 Å². The van der Waals surface area contributed by atoms with E-state index in [4.69, 9.17) is 9.84 Å². The van der Waals surface area contributed by atoms with Crippen LogP contribution in [0.15, 0.2) is 48.5 Å². The maximum absolute atomic E-state index is 13.2. The number of carboxylic acid groups (broad SMARTS) is 1. The summed E-state index contributed by atoms with van der Waals surface area (Å²) in [5.41, 5.74) is 4.68. The molecule has 0 radical (unpaired) electrons. The standard InChI is InChI=1S/C28H32N2O5/c1-30(18-14-17(15-18)27(32)33)26(31)23-12-6-7-13-25(23)29-28(34)35-16-24-21-10-4-2-8-19(21)20-9-3-5-11-22(20)24/h2-5,8-11,17-18,23-25H,6-7,12-16H2,1H3,(H,29,34)(H,32,33). The lowest BCUT2D eigenvalue weighted by Crippen LogP contribution is -2.54. The van der Waals surface area contributed by atoms with Crippen molar-refractivity contribution >= 4 is 18.0 Å². The highest BCUT2D eigenvalue weighted by Crippen LogP contribution is 2.44. The first-order valence-corrected chi connectivity index (χ1v) is 12.5. The van der Waals surface area contributed by atoms with E-state index in [0.29, 0.717) is 19.3 Å². The van der Waals surface area contributed by atoms with Crippen LogP contribution < -0.4 is 5.32 Å². The van der Waals surface area contributed by atoms with Crippen molar-refractivity contribution < 1.29 is 24.2 Å². The number of rotatable bonds is 6. The maximum Gasteiger partial charge on any atom is 0.407 e. The molecule has 2 N–H and O–H groups in total. The SMILES string of the molecule is CN(C(=O)C1CCCCC1NC(=O)OCC1c2ccccc2-c2ccccc21)C1CC(C(=O)O)C1. The number of aliphatic carboxylic acids is 1. The van der Waals surface area contributed by atoms with Crippen LogP contribution in [0.1, 0.15) is 55.6 Å². The van der Waals surface area contributed by atoms with Crippen molar-refractivity contribution in [2.24, 2.45) is 11.8 Å². The Morgan fingerprint density at radius 2 is 1.57 bits per heavy atom. The lowest BCUT2D eigenvalue weighted by Gasteiger charge is -2.42. The zero-order chi connectivity index (χ0) is 24.5. The number of carbonyl (C=O) groups excluding carboxylic acids is 2. The Balaban J connectivity index is 1.20. The molecule has 7 heteroatoms. The van der Waals surface area contributed by atoms with Gasteiger partial charge in [-0.1, -0.05) is 61.4 Å². The Morgan fingerprint density at radius 3 is 2.20 bits per heavy atom. The molecule has 2 saturated carbocycles. The number of nitrogens with one attached hydrogen (secondary N) is 1. The van der Waals surface area contributed by atoms with Crippen LogP contribution in [0.5, 0.6) is 0 Å². The Morgan fingerprint density at radius 1 is 0.971 bits per heavy atom. The van der Waals surface area contributed by atoms with Crippen LogP contribution in [0, 0.1) is 11.8 Å². The van der Waals surface area contributed by atoms with E-state index in [2.05, 4.69) is 29.6 Å². The molecule has 2 fully saturated rings. The van der Waals surface area contributed by atoms with Gasteiger partial charge in [0.05, 0.1) is 11.8 Å². The minimum absolute atomic E-state index is 0.0103.